The van der Waals surface area contributed by atoms with Crippen molar-refractivity contribution < 1.29 is 4.79 Å². The van der Waals surface area contributed by atoms with E-state index in [0.717, 1.165) is 12.0 Å². The van der Waals surface area contributed by atoms with Gasteiger partial charge in [0, 0.05) is 18.2 Å². The summed E-state index contributed by atoms with van der Waals surface area (Å²) in [5.74, 6) is 0.230. The number of nitrogens with one attached hydrogen (secondary N) is 1. The minimum atomic E-state index is -0.0767. The molecule has 0 aromatic heterocycles. The number of carbonyl (C=O) groups excluding carboxylic acids is 1. The maximum absolute atomic E-state index is 11.5. The Morgan fingerprint density at radius 2 is 2.15 bits per heavy atom. The summed E-state index contributed by atoms with van der Waals surface area (Å²) in [5, 5.41) is 7.57. The molecule has 1 rings (SSSR count). The Balaban J connectivity index is 3.01. The maximum Gasteiger partial charge on any atom is 0.259 e. The van der Waals surface area contributed by atoms with Crippen LogP contribution in [0.15, 0.2) is 23.3 Å². The molecule has 0 atom stereocenters. The molecule has 13 heavy (non-hydrogen) atoms. The molecular weight excluding hydrogens is 164 g/mol. The minimum absolute atomic E-state index is 0.0767. The summed E-state index contributed by atoms with van der Waals surface area (Å²) >= 11 is 0. The predicted octanol–water partition coefficient (Wildman–Crippen LogP) is 1.72. The molecule has 3 heteroatoms. The molecule has 0 fully saturated rings. The Bertz CT molecular complexity index is 313. The molecule has 0 aromatic carbocycles. The van der Waals surface area contributed by atoms with Crippen molar-refractivity contribution in [3.63, 3.8) is 0 Å². The van der Waals surface area contributed by atoms with Gasteiger partial charge in [0.25, 0.3) is 5.91 Å². The van der Waals surface area contributed by atoms with Gasteiger partial charge in [-0.15, -0.1) is 0 Å². The number of allylic oxidation sites excluding steroid dienone is 1. The molecule has 0 saturated carbocycles. The zero-order valence-corrected chi connectivity index (χ0v) is 8.22. The lowest BCUT2D eigenvalue weighted by atomic mass is 10.1. The van der Waals surface area contributed by atoms with Crippen LogP contribution < -0.4 is 0 Å². The third kappa shape index (κ3) is 1.54. The van der Waals surface area contributed by atoms with Gasteiger partial charge in [-0.1, -0.05) is 19.1 Å². The Labute approximate surface area is 78.2 Å². The summed E-state index contributed by atoms with van der Waals surface area (Å²) in [6, 6.07) is 0. The Morgan fingerprint density at radius 1 is 1.54 bits per heavy atom. The van der Waals surface area contributed by atoms with Crippen LogP contribution in [0.4, 0.5) is 0 Å². The van der Waals surface area contributed by atoms with Crippen molar-refractivity contribution in [2.24, 2.45) is 0 Å². The lowest BCUT2D eigenvalue weighted by Gasteiger charge is -2.07. The highest BCUT2D eigenvalue weighted by Gasteiger charge is 2.27. The fraction of sp³-hybridized carbons (Fsp3) is 0.400. The van der Waals surface area contributed by atoms with Crippen LogP contribution in [0.5, 0.6) is 0 Å². The van der Waals surface area contributed by atoms with E-state index < -0.39 is 0 Å². The van der Waals surface area contributed by atoms with E-state index in [4.69, 9.17) is 5.41 Å². The van der Waals surface area contributed by atoms with Gasteiger partial charge in [-0.05, 0) is 13.3 Å². The molecule has 0 aromatic rings. The predicted molar refractivity (Wildman–Crippen MR) is 52.6 cm³/mol. The summed E-state index contributed by atoms with van der Waals surface area (Å²) in [4.78, 5) is 12.9. The fourth-order valence-corrected chi connectivity index (χ4v) is 1.25. The highest BCUT2D eigenvalue weighted by molar-refractivity contribution is 6.21. The zero-order valence-electron chi connectivity index (χ0n) is 8.22. The molecule has 3 nitrogen and oxygen atoms in total. The van der Waals surface area contributed by atoms with E-state index in [2.05, 4.69) is 0 Å². The van der Waals surface area contributed by atoms with Crippen molar-refractivity contribution in [2.75, 3.05) is 7.05 Å². The molecule has 0 radical (unpaired) electrons. The van der Waals surface area contributed by atoms with Gasteiger partial charge in [0.05, 0.1) is 0 Å². The lowest BCUT2D eigenvalue weighted by Crippen LogP contribution is -2.26. The second-order valence-corrected chi connectivity index (χ2v) is 3.06. The highest BCUT2D eigenvalue weighted by atomic mass is 16.2. The van der Waals surface area contributed by atoms with E-state index >= 15 is 0 Å². The smallest absolute Gasteiger partial charge is 0.259 e. The van der Waals surface area contributed by atoms with E-state index in [1.54, 1.807) is 20.0 Å². The molecule has 0 spiro atoms. The van der Waals surface area contributed by atoms with E-state index in [1.807, 2.05) is 13.0 Å². The SMILES string of the molecule is CC/C=C\C1=C(C)C(=N)N(C)C1=O. The number of hydrogen-bond acceptors (Lipinski definition) is 2. The average molecular weight is 178 g/mol. The molecule has 0 unspecified atom stereocenters. The summed E-state index contributed by atoms with van der Waals surface area (Å²) in [6.45, 7) is 3.82. The van der Waals surface area contributed by atoms with Gasteiger partial charge in [-0.3, -0.25) is 15.1 Å². The van der Waals surface area contributed by atoms with Gasteiger partial charge < -0.3 is 0 Å². The van der Waals surface area contributed by atoms with Crippen LogP contribution in [0.25, 0.3) is 0 Å². The summed E-state index contributed by atoms with van der Waals surface area (Å²) < 4.78 is 0. The molecule has 1 heterocycles. The van der Waals surface area contributed by atoms with Crippen LogP contribution in [0.3, 0.4) is 0 Å². The number of amides is 1. The van der Waals surface area contributed by atoms with Crippen LogP contribution in [-0.2, 0) is 4.79 Å². The molecule has 1 aliphatic heterocycles. The topological polar surface area (TPSA) is 44.2 Å². The van der Waals surface area contributed by atoms with Crippen LogP contribution in [0.1, 0.15) is 20.3 Å². The van der Waals surface area contributed by atoms with Gasteiger partial charge >= 0.3 is 0 Å². The summed E-state index contributed by atoms with van der Waals surface area (Å²) in [7, 11) is 1.63. The van der Waals surface area contributed by atoms with E-state index in [9.17, 15) is 4.79 Å². The summed E-state index contributed by atoms with van der Waals surface area (Å²) in [6.07, 6.45) is 4.64. The third-order valence-corrected chi connectivity index (χ3v) is 2.15. The van der Waals surface area contributed by atoms with Crippen LogP contribution in [-0.4, -0.2) is 23.7 Å². The zero-order chi connectivity index (χ0) is 10.0. The number of rotatable bonds is 2. The second kappa shape index (κ2) is 3.56. The van der Waals surface area contributed by atoms with E-state index in [0.29, 0.717) is 11.4 Å². The van der Waals surface area contributed by atoms with Crippen molar-refractivity contribution >= 4 is 11.7 Å². The molecule has 0 saturated heterocycles. The van der Waals surface area contributed by atoms with Crippen molar-refractivity contribution in [2.45, 2.75) is 20.3 Å². The van der Waals surface area contributed by atoms with Gasteiger partial charge in [0.15, 0.2) is 0 Å². The quantitative estimate of drug-likeness (QED) is 0.687. The Kier molecular flexibility index (Phi) is 2.66. The van der Waals surface area contributed by atoms with E-state index in [1.165, 1.54) is 4.90 Å². The van der Waals surface area contributed by atoms with Gasteiger partial charge in [-0.2, -0.15) is 0 Å². The van der Waals surface area contributed by atoms with Crippen molar-refractivity contribution in [1.29, 1.82) is 5.41 Å². The molecule has 0 bridgehead atoms. The van der Waals surface area contributed by atoms with Gasteiger partial charge in [0.1, 0.15) is 5.84 Å². The van der Waals surface area contributed by atoms with Crippen molar-refractivity contribution in [3.05, 3.63) is 23.3 Å². The third-order valence-electron chi connectivity index (χ3n) is 2.15. The number of likely N-dealkylation sites (N-methyl/N-ethyl adjacent to an activating group) is 1. The monoisotopic (exact) mass is 178 g/mol. The summed E-state index contributed by atoms with van der Waals surface area (Å²) in [5.41, 5.74) is 1.41. The number of amidine groups is 1. The molecular formula is C10H14N2O. The maximum atomic E-state index is 11.5. The van der Waals surface area contributed by atoms with E-state index in [-0.39, 0.29) is 5.91 Å². The standard InChI is InChI=1S/C10H14N2O/c1-4-5-6-8-7(2)9(11)12(3)10(8)13/h5-6,11H,4H2,1-3H3/b6-5-,11-9?. The minimum Gasteiger partial charge on any atom is -0.296 e. The lowest BCUT2D eigenvalue weighted by molar-refractivity contribution is -0.121. The first-order chi connectivity index (χ1) is 6.09. The van der Waals surface area contributed by atoms with Crippen LogP contribution >= 0.6 is 0 Å². The first-order valence-corrected chi connectivity index (χ1v) is 4.34. The van der Waals surface area contributed by atoms with Crippen molar-refractivity contribution in [1.82, 2.24) is 4.90 Å². The number of nitrogens with zero attached hydrogens (tertiary/aromatic N) is 1. The highest BCUT2D eigenvalue weighted by Crippen LogP contribution is 2.19. The largest absolute Gasteiger partial charge is 0.296 e. The van der Waals surface area contributed by atoms with Crippen LogP contribution in [0.2, 0.25) is 0 Å². The Morgan fingerprint density at radius 3 is 2.54 bits per heavy atom. The normalized spacial score (nSPS) is 18.2. The number of hydrogen-bond donors (Lipinski definition) is 1. The number of carbonyl (C=O) groups is 1. The average Bonchev–Trinajstić information content (AvgIpc) is 2.30. The molecule has 70 valence electrons. The van der Waals surface area contributed by atoms with Crippen molar-refractivity contribution in [3.8, 4) is 0 Å². The van der Waals surface area contributed by atoms with Crippen LogP contribution in [0, 0.1) is 5.41 Å². The Hall–Kier alpha value is -1.38. The molecule has 1 N–H and O–H groups in total. The second-order valence-electron chi connectivity index (χ2n) is 3.06. The van der Waals surface area contributed by atoms with Gasteiger partial charge in [-0.25, -0.2) is 0 Å². The molecule has 0 aliphatic carbocycles. The molecule has 1 aliphatic rings. The molecule has 1 amide bonds. The first kappa shape index (κ1) is 9.71. The fourth-order valence-electron chi connectivity index (χ4n) is 1.25. The van der Waals surface area contributed by atoms with Gasteiger partial charge in [0.2, 0.25) is 0 Å². The first-order valence-electron chi connectivity index (χ1n) is 4.34.